The van der Waals surface area contributed by atoms with Gasteiger partial charge in [0.2, 0.25) is 0 Å². The topological polar surface area (TPSA) is 26.3 Å². The van der Waals surface area contributed by atoms with Crippen molar-refractivity contribution in [2.75, 3.05) is 0 Å². The normalized spacial score (nSPS) is 11.8. The lowest BCUT2D eigenvalue weighted by molar-refractivity contribution is 0.668. The molecule has 0 atom stereocenters. The summed E-state index contributed by atoms with van der Waals surface area (Å²) in [5, 5.41) is 11.8. The van der Waals surface area contributed by atoms with E-state index in [1.807, 2.05) is 24.3 Å². The summed E-state index contributed by atoms with van der Waals surface area (Å²) < 4.78 is 12.7. The highest BCUT2D eigenvalue weighted by Crippen LogP contribution is 2.48. The predicted octanol–water partition coefficient (Wildman–Crippen LogP) is 18.9. The van der Waals surface area contributed by atoms with E-state index in [4.69, 9.17) is 8.83 Å². The molecule has 2 aromatic heterocycles. The number of fused-ring (bicyclic) bond motifs is 9. The van der Waals surface area contributed by atoms with Crippen LogP contribution in [-0.2, 0) is 0 Å². The molecule has 2 heteroatoms. The minimum atomic E-state index is 0.888. The van der Waals surface area contributed by atoms with Gasteiger partial charge in [-0.3, -0.25) is 0 Å². The lowest BCUT2D eigenvalue weighted by atomic mass is 9.83. The van der Waals surface area contributed by atoms with Crippen LogP contribution in [-0.4, -0.2) is 0 Å². The number of rotatable bonds is 6. The fraction of sp³-hybridized carbons (Fsp3) is 0. The van der Waals surface area contributed by atoms with Crippen molar-refractivity contribution in [3.63, 3.8) is 0 Å². The second-order valence-electron chi connectivity index (χ2n) is 17.9. The zero-order valence-corrected chi connectivity index (χ0v) is 36.9. The molecule has 14 rings (SSSR count). The highest BCUT2D eigenvalue weighted by Gasteiger charge is 2.21. The highest BCUT2D eigenvalue weighted by molar-refractivity contribution is 6.23. The number of benzene rings is 12. The van der Waals surface area contributed by atoms with Crippen LogP contribution in [0, 0.1) is 0 Å². The van der Waals surface area contributed by atoms with E-state index in [0.29, 0.717) is 0 Å². The summed E-state index contributed by atoms with van der Waals surface area (Å²) in [5.41, 5.74) is 17.7. The third-order valence-electron chi connectivity index (χ3n) is 14.1. The second-order valence-corrected chi connectivity index (χ2v) is 17.9. The van der Waals surface area contributed by atoms with Crippen molar-refractivity contribution in [3.8, 4) is 66.8 Å². The molecule has 0 saturated carbocycles. The van der Waals surface area contributed by atoms with Crippen LogP contribution in [0.5, 0.6) is 0 Å². The highest BCUT2D eigenvalue weighted by atomic mass is 16.3. The van der Waals surface area contributed by atoms with Gasteiger partial charge in [0.1, 0.15) is 22.3 Å². The van der Waals surface area contributed by atoms with Gasteiger partial charge < -0.3 is 8.83 Å². The average molecular weight is 865 g/mol. The van der Waals surface area contributed by atoms with E-state index in [1.165, 1.54) is 71.3 Å². The smallest absolute Gasteiger partial charge is 0.136 e. The standard InChI is InChI=1S/C66H40O2/c1-2-12-41(13-3-1)45-16-10-17-50(36-45)66-57-34-30-47(49-28-32-55-53-19-6-8-22-61(53)68-64(55)40-49)39-59(57)65(44-26-24-43(25-27-44)52-21-11-15-42-14-4-5-18-51(42)52)56-33-29-46(38-60(56)66)48-31-35-63-58(37-48)54-20-7-9-23-62(54)67-63/h1-40H. The molecule has 0 aliphatic carbocycles. The molecule has 0 amide bonds. The van der Waals surface area contributed by atoms with Crippen molar-refractivity contribution in [1.29, 1.82) is 0 Å². The van der Waals surface area contributed by atoms with Crippen LogP contribution in [0.15, 0.2) is 251 Å². The summed E-state index contributed by atoms with van der Waals surface area (Å²) in [4.78, 5) is 0. The van der Waals surface area contributed by atoms with Gasteiger partial charge in [-0.25, -0.2) is 0 Å². The Labute approximate surface area is 392 Å². The van der Waals surface area contributed by atoms with E-state index in [2.05, 4.69) is 218 Å². The zero-order valence-electron chi connectivity index (χ0n) is 36.9. The molecule has 0 unspecified atom stereocenters. The monoisotopic (exact) mass is 864 g/mol. The van der Waals surface area contributed by atoms with Crippen LogP contribution < -0.4 is 0 Å². The molecule has 0 aliphatic rings. The van der Waals surface area contributed by atoms with Gasteiger partial charge in [0.05, 0.1) is 0 Å². The molecule has 2 nitrogen and oxygen atoms in total. The Morgan fingerprint density at radius 1 is 0.191 bits per heavy atom. The summed E-state index contributed by atoms with van der Waals surface area (Å²) >= 11 is 0. The van der Waals surface area contributed by atoms with Crippen LogP contribution in [0.1, 0.15) is 0 Å². The van der Waals surface area contributed by atoms with Gasteiger partial charge >= 0.3 is 0 Å². The van der Waals surface area contributed by atoms with E-state index >= 15 is 0 Å². The van der Waals surface area contributed by atoms with Crippen LogP contribution in [0.3, 0.4) is 0 Å². The first-order valence-corrected chi connectivity index (χ1v) is 23.3. The Bertz CT molecular complexity index is 4300. The minimum Gasteiger partial charge on any atom is -0.456 e. The van der Waals surface area contributed by atoms with E-state index < -0.39 is 0 Å². The van der Waals surface area contributed by atoms with Gasteiger partial charge in [0, 0.05) is 21.5 Å². The number of para-hydroxylation sites is 2. The molecule has 2 heterocycles. The Morgan fingerprint density at radius 2 is 0.632 bits per heavy atom. The molecule has 0 radical (unpaired) electrons. The van der Waals surface area contributed by atoms with Gasteiger partial charge in [0.25, 0.3) is 0 Å². The Hall–Kier alpha value is -8.98. The molecule has 0 N–H and O–H groups in total. The molecule has 0 fully saturated rings. The van der Waals surface area contributed by atoms with Gasteiger partial charge in [-0.2, -0.15) is 0 Å². The number of furan rings is 2. The summed E-state index contributed by atoms with van der Waals surface area (Å²) in [7, 11) is 0. The largest absolute Gasteiger partial charge is 0.456 e. The third-order valence-corrected chi connectivity index (χ3v) is 14.1. The van der Waals surface area contributed by atoms with Crippen LogP contribution in [0.2, 0.25) is 0 Å². The summed E-state index contributed by atoms with van der Waals surface area (Å²) in [6, 6.07) is 88.2. The zero-order chi connectivity index (χ0) is 44.7. The minimum absolute atomic E-state index is 0.888. The maximum absolute atomic E-state index is 6.43. The van der Waals surface area contributed by atoms with Crippen molar-refractivity contribution in [2.45, 2.75) is 0 Å². The van der Waals surface area contributed by atoms with Crippen molar-refractivity contribution in [1.82, 2.24) is 0 Å². The molecule has 0 bridgehead atoms. The maximum atomic E-state index is 6.43. The van der Waals surface area contributed by atoms with E-state index in [9.17, 15) is 0 Å². The van der Waals surface area contributed by atoms with E-state index in [0.717, 1.165) is 71.7 Å². The number of hydrogen-bond acceptors (Lipinski definition) is 2. The Balaban J connectivity index is 1.04. The van der Waals surface area contributed by atoms with Crippen molar-refractivity contribution < 1.29 is 8.83 Å². The molecule has 316 valence electrons. The fourth-order valence-corrected chi connectivity index (χ4v) is 10.8. The van der Waals surface area contributed by atoms with Crippen molar-refractivity contribution in [3.05, 3.63) is 243 Å². The molecule has 0 aliphatic heterocycles. The van der Waals surface area contributed by atoms with Gasteiger partial charge in [0.15, 0.2) is 0 Å². The summed E-state index contributed by atoms with van der Waals surface area (Å²) in [6.07, 6.45) is 0. The number of hydrogen-bond donors (Lipinski definition) is 0. The Morgan fingerprint density at radius 3 is 1.37 bits per heavy atom. The first kappa shape index (κ1) is 38.3. The first-order chi connectivity index (χ1) is 33.7. The molecule has 0 saturated heterocycles. The van der Waals surface area contributed by atoms with Crippen LogP contribution >= 0.6 is 0 Å². The van der Waals surface area contributed by atoms with Crippen molar-refractivity contribution >= 4 is 76.2 Å². The van der Waals surface area contributed by atoms with Gasteiger partial charge in [-0.15, -0.1) is 0 Å². The predicted molar refractivity (Wildman–Crippen MR) is 286 cm³/mol. The fourth-order valence-electron chi connectivity index (χ4n) is 10.8. The molecule has 14 aromatic rings. The molecular weight excluding hydrogens is 825 g/mol. The van der Waals surface area contributed by atoms with E-state index in [-0.39, 0.29) is 0 Å². The van der Waals surface area contributed by atoms with Gasteiger partial charge in [-0.1, -0.05) is 188 Å². The first-order valence-electron chi connectivity index (χ1n) is 23.3. The SMILES string of the molecule is c1ccc(-c2cccc(-c3c4ccc(-c5ccc6c(c5)oc5ccccc56)cc4c(-c4ccc(-c5cccc6ccccc56)cc4)c4ccc(-c5ccc6oc7ccccc7c6c5)cc34)c2)cc1. The van der Waals surface area contributed by atoms with Crippen LogP contribution in [0.25, 0.3) is 143 Å². The average Bonchev–Trinajstić information content (AvgIpc) is 3.98. The molecular formula is C66H40O2. The molecule has 0 spiro atoms. The second kappa shape index (κ2) is 15.3. The van der Waals surface area contributed by atoms with Crippen molar-refractivity contribution in [2.24, 2.45) is 0 Å². The lowest BCUT2D eigenvalue weighted by Crippen LogP contribution is -1.93. The van der Waals surface area contributed by atoms with E-state index in [1.54, 1.807) is 0 Å². The maximum Gasteiger partial charge on any atom is 0.136 e. The quantitative estimate of drug-likeness (QED) is 0.156. The lowest BCUT2D eigenvalue weighted by Gasteiger charge is -2.20. The van der Waals surface area contributed by atoms with Crippen LogP contribution in [0.4, 0.5) is 0 Å². The summed E-state index contributed by atoms with van der Waals surface area (Å²) in [5.74, 6) is 0. The third kappa shape index (κ3) is 6.19. The molecule has 12 aromatic carbocycles. The molecule has 68 heavy (non-hydrogen) atoms. The summed E-state index contributed by atoms with van der Waals surface area (Å²) in [6.45, 7) is 0. The Kier molecular flexibility index (Phi) is 8.62. The van der Waals surface area contributed by atoms with Gasteiger partial charge in [-0.05, 0) is 154 Å².